The lowest BCUT2D eigenvalue weighted by Gasteiger charge is -2.51. The number of nitrogens with zero attached hydrogens (tertiary/aromatic N) is 1. The molecule has 2 N–H and O–H groups in total. The number of allylic oxidation sites excluding steroid dienone is 1. The molecule has 0 aromatic heterocycles. The van der Waals surface area contributed by atoms with Gasteiger partial charge in [-0.15, -0.1) is 0 Å². The van der Waals surface area contributed by atoms with E-state index in [9.17, 15) is 9.90 Å². The number of carbonyl (C=O) groups excluding carboxylic acids is 1. The van der Waals surface area contributed by atoms with Crippen LogP contribution in [-0.2, 0) is 14.3 Å². The molecule has 7 atom stereocenters. The van der Waals surface area contributed by atoms with E-state index in [1.54, 1.807) is 0 Å². The number of carboxylic acids is 1. The van der Waals surface area contributed by atoms with Gasteiger partial charge in [-0.25, -0.2) is 10.6 Å². The summed E-state index contributed by atoms with van der Waals surface area (Å²) in [6, 6.07) is 0.182. The fourth-order valence-corrected chi connectivity index (χ4v) is 6.40. The summed E-state index contributed by atoms with van der Waals surface area (Å²) in [6.07, 6.45) is 12.7. The number of hydrogen-bond donors (Lipinski definition) is 2. The number of rotatable bonds is 2. The quantitative estimate of drug-likeness (QED) is 0.528. The summed E-state index contributed by atoms with van der Waals surface area (Å²) < 4.78 is 15.2. The van der Waals surface area contributed by atoms with Crippen molar-refractivity contribution in [1.29, 1.82) is 0 Å². The van der Waals surface area contributed by atoms with Crippen LogP contribution in [0.4, 0.5) is 0 Å². The van der Waals surface area contributed by atoms with E-state index in [1.807, 2.05) is 6.92 Å². The van der Waals surface area contributed by atoms with Gasteiger partial charge in [0.25, 0.3) is 0 Å². The number of hydrogen-bond acceptors (Lipinski definition) is 6. The van der Waals surface area contributed by atoms with Crippen LogP contribution in [0.5, 0.6) is 0 Å². The highest BCUT2D eigenvalue weighted by Crippen LogP contribution is 2.45. The average Bonchev–Trinajstić information content (AvgIpc) is 2.96. The Morgan fingerprint density at radius 1 is 1.28 bits per heavy atom. The van der Waals surface area contributed by atoms with E-state index in [1.165, 1.54) is 0 Å². The fourth-order valence-electron chi connectivity index (χ4n) is 6.40. The van der Waals surface area contributed by atoms with Crippen LogP contribution in [0.25, 0.3) is 0 Å². The van der Waals surface area contributed by atoms with Gasteiger partial charge in [0.2, 0.25) is 0 Å². The maximum Gasteiger partial charge on any atom is 0.350 e. The van der Waals surface area contributed by atoms with Crippen molar-refractivity contribution in [2.75, 3.05) is 0 Å². The lowest BCUT2D eigenvalue weighted by Crippen LogP contribution is -2.77. The van der Waals surface area contributed by atoms with E-state index in [4.69, 9.17) is 9.47 Å². The van der Waals surface area contributed by atoms with Gasteiger partial charge in [-0.2, -0.15) is 0 Å². The van der Waals surface area contributed by atoms with Crippen LogP contribution in [0.15, 0.2) is 12.2 Å². The van der Waals surface area contributed by atoms with Crippen LogP contribution in [-0.4, -0.2) is 52.2 Å². The molecule has 0 radical (unpaired) electrons. The lowest BCUT2D eigenvalue weighted by atomic mass is 9.80. The zero-order chi connectivity index (χ0) is 20.2. The summed E-state index contributed by atoms with van der Waals surface area (Å²) in [6.45, 7) is 4.18. The van der Waals surface area contributed by atoms with Crippen LogP contribution in [0.2, 0.25) is 0 Å². The Balaban J connectivity index is 1.52. The average molecular weight is 404 g/mol. The van der Waals surface area contributed by atoms with Crippen molar-refractivity contribution in [2.24, 2.45) is 5.92 Å². The molecule has 2 spiro atoms. The first-order valence-corrected chi connectivity index (χ1v) is 11.4. The second-order valence-corrected chi connectivity index (χ2v) is 9.54. The number of ether oxygens (including phenoxy) is 2. The molecule has 0 aromatic rings. The zero-order valence-corrected chi connectivity index (χ0v) is 17.5. The number of nitrogens with one attached hydrogen (secondary N) is 2. The van der Waals surface area contributed by atoms with Gasteiger partial charge in [0, 0.05) is 19.3 Å². The molecule has 5 aliphatic heterocycles. The third-order valence-corrected chi connectivity index (χ3v) is 7.60. The Bertz CT molecular complexity index is 752. The predicted octanol–water partition coefficient (Wildman–Crippen LogP) is 0.975. The number of carbonyl (C=O) groups is 1. The molecule has 0 aromatic carbocycles. The van der Waals surface area contributed by atoms with Crippen LogP contribution in [0.1, 0.15) is 71.6 Å². The lowest BCUT2D eigenvalue weighted by molar-refractivity contribution is -0.610. The Hall–Kier alpha value is -1.60. The molecule has 160 valence electrons. The summed E-state index contributed by atoms with van der Waals surface area (Å²) in [5, 5.41) is 19.5. The summed E-state index contributed by atoms with van der Waals surface area (Å²) in [5.74, 6) is -0.778. The van der Waals surface area contributed by atoms with Crippen LogP contribution < -0.4 is 15.7 Å². The summed E-state index contributed by atoms with van der Waals surface area (Å²) >= 11 is 0. The van der Waals surface area contributed by atoms with Gasteiger partial charge in [-0.05, 0) is 45.4 Å². The minimum atomic E-state index is -1.00. The maximum atomic E-state index is 12.3. The topological polar surface area (TPSA) is 85.7 Å². The summed E-state index contributed by atoms with van der Waals surface area (Å²) in [5.41, 5.74) is -1.32. The molecular weight excluding hydrogens is 370 g/mol. The van der Waals surface area contributed by atoms with E-state index < -0.39 is 23.3 Å². The molecule has 5 heterocycles. The summed E-state index contributed by atoms with van der Waals surface area (Å²) in [7, 11) is 0. The highest BCUT2D eigenvalue weighted by Gasteiger charge is 2.62. The first kappa shape index (κ1) is 19.4. The largest absolute Gasteiger partial charge is 0.549 e. The van der Waals surface area contributed by atoms with Crippen molar-refractivity contribution in [3.8, 4) is 0 Å². The van der Waals surface area contributed by atoms with Crippen LogP contribution in [0, 0.1) is 5.92 Å². The van der Waals surface area contributed by atoms with Crippen molar-refractivity contribution in [3.63, 3.8) is 0 Å². The highest BCUT2D eigenvalue weighted by atomic mass is 16.5. The van der Waals surface area contributed by atoms with E-state index >= 15 is 0 Å². The van der Waals surface area contributed by atoms with E-state index in [0.717, 1.165) is 57.3 Å². The Labute approximate surface area is 172 Å². The normalized spacial score (nSPS) is 46.2. The molecular formula is C22H33N3O4. The zero-order valence-electron chi connectivity index (χ0n) is 17.5. The minimum absolute atomic E-state index is 0.0304. The van der Waals surface area contributed by atoms with E-state index in [2.05, 4.69) is 34.3 Å². The molecule has 0 saturated carbocycles. The standard InChI is InChI=1S/C22H33N3O4/c1-3-16-8-4-5-11-21(29-16)13-15-9-10-17-18(19(26)27)22(12-6-7-14(2)28-22)24-20(23-21)25(15)17/h4,8,14-18H,3,5-7,9-13H2,1-2H3,(H2,23,24,26,27)/t14-,15+,16+,17-,18+,21+,22-/m1/s1. The van der Waals surface area contributed by atoms with Gasteiger partial charge in [0.1, 0.15) is 0 Å². The second kappa shape index (κ2) is 6.98. The minimum Gasteiger partial charge on any atom is -0.549 e. The number of aliphatic carboxylic acids is 1. The van der Waals surface area contributed by atoms with Crippen molar-refractivity contribution in [1.82, 2.24) is 10.6 Å². The SMILES string of the molecule is CC[C@H]1C=CCC[C@@]2(C[C@@H]3CC[C@@H]4[C@@H](C(=O)[O-])[C@]5(CCC[C@@H](C)O5)NC(=[N+]34)N2)O1. The molecule has 0 bridgehead atoms. The van der Waals surface area contributed by atoms with Crippen LogP contribution >= 0.6 is 0 Å². The molecule has 2 fully saturated rings. The Morgan fingerprint density at radius 3 is 2.90 bits per heavy atom. The molecule has 0 unspecified atom stereocenters. The number of guanidine groups is 1. The highest BCUT2D eigenvalue weighted by molar-refractivity contribution is 5.81. The third-order valence-electron chi connectivity index (χ3n) is 7.60. The molecule has 29 heavy (non-hydrogen) atoms. The maximum absolute atomic E-state index is 12.3. The first-order valence-electron chi connectivity index (χ1n) is 11.4. The number of carboxylic acid groups (broad SMARTS) is 1. The van der Waals surface area contributed by atoms with Gasteiger partial charge < -0.3 is 19.4 Å². The monoisotopic (exact) mass is 403 g/mol. The van der Waals surface area contributed by atoms with Crippen molar-refractivity contribution in [3.05, 3.63) is 12.2 Å². The Morgan fingerprint density at radius 2 is 2.14 bits per heavy atom. The molecule has 5 aliphatic rings. The van der Waals surface area contributed by atoms with Crippen molar-refractivity contribution < 1.29 is 24.0 Å². The molecule has 5 rings (SSSR count). The van der Waals surface area contributed by atoms with Crippen LogP contribution in [0.3, 0.4) is 0 Å². The molecule has 0 aliphatic carbocycles. The third kappa shape index (κ3) is 3.08. The fraction of sp³-hybridized carbons (Fsp3) is 0.818. The predicted molar refractivity (Wildman–Crippen MR) is 105 cm³/mol. The van der Waals surface area contributed by atoms with Gasteiger partial charge in [-0.1, -0.05) is 19.1 Å². The van der Waals surface area contributed by atoms with Gasteiger partial charge in [-0.3, -0.25) is 4.58 Å². The molecule has 7 nitrogen and oxygen atoms in total. The Kier molecular flexibility index (Phi) is 4.66. The first-order chi connectivity index (χ1) is 14.0. The van der Waals surface area contributed by atoms with Crippen molar-refractivity contribution in [2.45, 2.75) is 107 Å². The molecule has 7 heteroatoms. The molecule has 2 saturated heterocycles. The second-order valence-electron chi connectivity index (χ2n) is 9.54. The van der Waals surface area contributed by atoms with Crippen molar-refractivity contribution >= 4 is 11.9 Å². The van der Waals surface area contributed by atoms with E-state index in [-0.39, 0.29) is 24.3 Å². The molecule has 0 amide bonds. The van der Waals surface area contributed by atoms with Gasteiger partial charge in [0.05, 0.1) is 36.2 Å². The smallest absolute Gasteiger partial charge is 0.350 e. The van der Waals surface area contributed by atoms with E-state index in [0.29, 0.717) is 6.42 Å². The van der Waals surface area contributed by atoms with Gasteiger partial charge in [0.15, 0.2) is 11.4 Å². The summed E-state index contributed by atoms with van der Waals surface area (Å²) in [4.78, 5) is 12.3. The van der Waals surface area contributed by atoms with Gasteiger partial charge >= 0.3 is 5.96 Å².